The highest BCUT2D eigenvalue weighted by Crippen LogP contribution is 2.21. The van der Waals surface area contributed by atoms with Crippen LogP contribution in [0.4, 0.5) is 13.2 Å². The SMILES string of the molecule is COC(=O)C(O)CNS(=O)(=O)CCCC(F)(F)F. The number of carbonyl (C=O) groups excluding carboxylic acids is 1. The summed E-state index contributed by atoms with van der Waals surface area (Å²) in [5.74, 6) is -1.77. The van der Waals surface area contributed by atoms with Crippen LogP contribution in [0.15, 0.2) is 0 Å². The maximum absolute atomic E-state index is 11.8. The van der Waals surface area contributed by atoms with Gasteiger partial charge in [-0.25, -0.2) is 17.9 Å². The van der Waals surface area contributed by atoms with Crippen LogP contribution >= 0.6 is 0 Å². The van der Waals surface area contributed by atoms with E-state index in [2.05, 4.69) is 4.74 Å². The number of rotatable bonds is 7. The first-order valence-electron chi connectivity index (χ1n) is 4.87. The van der Waals surface area contributed by atoms with E-state index >= 15 is 0 Å². The molecule has 0 bridgehead atoms. The van der Waals surface area contributed by atoms with Crippen molar-refractivity contribution in [3.8, 4) is 0 Å². The molecule has 0 amide bonds. The molecule has 108 valence electrons. The van der Waals surface area contributed by atoms with Gasteiger partial charge in [0.15, 0.2) is 6.10 Å². The molecule has 0 saturated carbocycles. The molecule has 0 aromatic rings. The molecule has 1 atom stereocenters. The maximum Gasteiger partial charge on any atom is 0.389 e. The topological polar surface area (TPSA) is 92.7 Å². The van der Waals surface area contributed by atoms with Gasteiger partial charge >= 0.3 is 12.1 Å². The molecule has 0 aromatic carbocycles. The Kier molecular flexibility index (Phi) is 6.57. The molecule has 18 heavy (non-hydrogen) atoms. The zero-order valence-electron chi connectivity index (χ0n) is 9.53. The summed E-state index contributed by atoms with van der Waals surface area (Å²) in [5.41, 5.74) is 0. The summed E-state index contributed by atoms with van der Waals surface area (Å²) in [7, 11) is -2.96. The van der Waals surface area contributed by atoms with Crippen molar-refractivity contribution in [1.82, 2.24) is 4.72 Å². The Labute approximate surface area is 102 Å². The van der Waals surface area contributed by atoms with Gasteiger partial charge in [0.25, 0.3) is 0 Å². The standard InChI is InChI=1S/C8H14F3NO5S/c1-17-7(14)6(13)5-12-18(15,16)4-2-3-8(9,10)11/h6,12-13H,2-5H2,1H3. The number of alkyl halides is 3. The Hall–Kier alpha value is -0.870. The Balaban J connectivity index is 4.06. The molecular weight excluding hydrogens is 279 g/mol. The maximum atomic E-state index is 11.8. The van der Waals surface area contributed by atoms with Gasteiger partial charge in [-0.2, -0.15) is 13.2 Å². The van der Waals surface area contributed by atoms with Crippen molar-refractivity contribution < 1.29 is 36.2 Å². The molecule has 6 nitrogen and oxygen atoms in total. The molecule has 1 unspecified atom stereocenters. The third-order valence-electron chi connectivity index (χ3n) is 1.84. The van der Waals surface area contributed by atoms with E-state index in [0.29, 0.717) is 0 Å². The number of aliphatic hydroxyl groups is 1. The number of methoxy groups -OCH3 is 1. The van der Waals surface area contributed by atoms with E-state index in [-0.39, 0.29) is 0 Å². The molecular formula is C8H14F3NO5S. The lowest BCUT2D eigenvalue weighted by atomic mass is 10.3. The molecule has 2 N–H and O–H groups in total. The lowest BCUT2D eigenvalue weighted by molar-refractivity contribution is -0.149. The fourth-order valence-corrected chi connectivity index (χ4v) is 2.04. The van der Waals surface area contributed by atoms with Gasteiger partial charge in [0, 0.05) is 13.0 Å². The number of halogens is 3. The van der Waals surface area contributed by atoms with E-state index in [1.54, 1.807) is 0 Å². The van der Waals surface area contributed by atoms with Crippen LogP contribution < -0.4 is 4.72 Å². The summed E-state index contributed by atoms with van der Waals surface area (Å²) < 4.78 is 63.7. The average molecular weight is 293 g/mol. The first-order chi connectivity index (χ1) is 8.07. The summed E-state index contributed by atoms with van der Waals surface area (Å²) in [5, 5.41) is 9.05. The fourth-order valence-electron chi connectivity index (χ4n) is 0.960. The minimum atomic E-state index is -4.42. The highest BCUT2D eigenvalue weighted by molar-refractivity contribution is 7.89. The third kappa shape index (κ3) is 8.25. The number of aliphatic hydroxyl groups excluding tert-OH is 1. The molecule has 0 rings (SSSR count). The van der Waals surface area contributed by atoms with Crippen molar-refractivity contribution in [2.45, 2.75) is 25.1 Å². The van der Waals surface area contributed by atoms with E-state index in [0.717, 1.165) is 7.11 Å². The van der Waals surface area contributed by atoms with Gasteiger partial charge in [-0.1, -0.05) is 0 Å². The minimum Gasteiger partial charge on any atom is -0.467 e. The predicted octanol–water partition coefficient (Wildman–Crippen LogP) is -0.218. The molecule has 0 heterocycles. The van der Waals surface area contributed by atoms with Gasteiger partial charge < -0.3 is 9.84 Å². The van der Waals surface area contributed by atoms with Crippen LogP contribution in [0.3, 0.4) is 0 Å². The second kappa shape index (κ2) is 6.90. The molecule has 0 aliphatic heterocycles. The Morgan fingerprint density at radius 2 is 2.00 bits per heavy atom. The summed E-state index contributed by atoms with van der Waals surface area (Å²) in [6, 6.07) is 0. The van der Waals surface area contributed by atoms with Crippen LogP contribution in [0.1, 0.15) is 12.8 Å². The van der Waals surface area contributed by atoms with Crippen LogP contribution in [0.2, 0.25) is 0 Å². The molecule has 0 fully saturated rings. The molecule has 0 aliphatic carbocycles. The fraction of sp³-hybridized carbons (Fsp3) is 0.875. The lowest BCUT2D eigenvalue weighted by Crippen LogP contribution is -2.38. The van der Waals surface area contributed by atoms with Crippen LogP contribution in [0.5, 0.6) is 0 Å². The zero-order chi connectivity index (χ0) is 14.4. The van der Waals surface area contributed by atoms with Gasteiger partial charge in [0.2, 0.25) is 10.0 Å². The van der Waals surface area contributed by atoms with E-state index in [4.69, 9.17) is 5.11 Å². The Bertz CT molecular complexity index is 367. The van der Waals surface area contributed by atoms with E-state index in [1.807, 2.05) is 4.72 Å². The molecule has 0 aliphatic rings. The quantitative estimate of drug-likeness (QED) is 0.633. The van der Waals surface area contributed by atoms with Gasteiger partial charge in [-0.15, -0.1) is 0 Å². The number of hydrogen-bond donors (Lipinski definition) is 2. The van der Waals surface area contributed by atoms with Gasteiger partial charge in [0.05, 0.1) is 12.9 Å². The molecule has 0 spiro atoms. The van der Waals surface area contributed by atoms with Crippen molar-refractivity contribution in [1.29, 1.82) is 0 Å². The van der Waals surface area contributed by atoms with Crippen molar-refractivity contribution in [3.63, 3.8) is 0 Å². The first kappa shape index (κ1) is 17.1. The average Bonchev–Trinajstić information content (AvgIpc) is 2.22. The second-order valence-electron chi connectivity index (χ2n) is 3.43. The largest absolute Gasteiger partial charge is 0.467 e. The van der Waals surface area contributed by atoms with Crippen molar-refractivity contribution >= 4 is 16.0 Å². The molecule has 0 saturated heterocycles. The van der Waals surface area contributed by atoms with Crippen molar-refractivity contribution in [2.75, 3.05) is 19.4 Å². The van der Waals surface area contributed by atoms with Crippen LogP contribution in [-0.2, 0) is 19.6 Å². The monoisotopic (exact) mass is 293 g/mol. The van der Waals surface area contributed by atoms with Crippen LogP contribution in [0.25, 0.3) is 0 Å². The van der Waals surface area contributed by atoms with E-state index in [9.17, 15) is 26.4 Å². The number of carbonyl (C=O) groups is 1. The number of sulfonamides is 1. The third-order valence-corrected chi connectivity index (χ3v) is 3.28. The Morgan fingerprint density at radius 3 is 2.44 bits per heavy atom. The summed E-state index contributed by atoms with van der Waals surface area (Å²) in [4.78, 5) is 10.7. The molecule has 0 aromatic heterocycles. The van der Waals surface area contributed by atoms with Crippen molar-refractivity contribution in [2.24, 2.45) is 0 Å². The van der Waals surface area contributed by atoms with Crippen LogP contribution in [0, 0.1) is 0 Å². The summed E-state index contributed by atoms with van der Waals surface area (Å²) in [6.45, 7) is -0.638. The lowest BCUT2D eigenvalue weighted by Gasteiger charge is -2.10. The van der Waals surface area contributed by atoms with E-state index in [1.165, 1.54) is 0 Å². The van der Waals surface area contributed by atoms with Gasteiger partial charge in [-0.3, -0.25) is 0 Å². The molecule has 10 heteroatoms. The first-order valence-corrected chi connectivity index (χ1v) is 6.52. The van der Waals surface area contributed by atoms with Crippen LogP contribution in [-0.4, -0.2) is 51.2 Å². The number of esters is 1. The number of hydrogen-bond acceptors (Lipinski definition) is 5. The van der Waals surface area contributed by atoms with Gasteiger partial charge in [-0.05, 0) is 6.42 Å². The highest BCUT2D eigenvalue weighted by atomic mass is 32.2. The zero-order valence-corrected chi connectivity index (χ0v) is 10.3. The number of nitrogens with one attached hydrogen (secondary N) is 1. The number of ether oxygens (including phenoxy) is 1. The summed E-state index contributed by atoms with van der Waals surface area (Å²) in [6.07, 6.45) is -7.91. The molecule has 0 radical (unpaired) electrons. The summed E-state index contributed by atoms with van der Waals surface area (Å²) >= 11 is 0. The van der Waals surface area contributed by atoms with Gasteiger partial charge in [0.1, 0.15) is 0 Å². The minimum absolute atomic E-state index is 0.590. The smallest absolute Gasteiger partial charge is 0.389 e. The Morgan fingerprint density at radius 1 is 1.44 bits per heavy atom. The van der Waals surface area contributed by atoms with Crippen molar-refractivity contribution in [3.05, 3.63) is 0 Å². The van der Waals surface area contributed by atoms with E-state index < -0.39 is 53.4 Å². The predicted molar refractivity (Wildman–Crippen MR) is 55.1 cm³/mol. The normalized spacial score (nSPS) is 14.3. The highest BCUT2D eigenvalue weighted by Gasteiger charge is 2.27. The second-order valence-corrected chi connectivity index (χ2v) is 5.35.